The molecule has 1 fully saturated rings. The highest BCUT2D eigenvalue weighted by Gasteiger charge is 2.22. The van der Waals surface area contributed by atoms with Crippen LogP contribution >= 0.6 is 11.3 Å². The lowest BCUT2D eigenvalue weighted by Gasteiger charge is -2.25. The fraction of sp³-hybridized carbons (Fsp3) is 0.583. The molecule has 0 bridgehead atoms. The number of carbonyl (C=O) groups excluding carboxylic acids is 1. The summed E-state index contributed by atoms with van der Waals surface area (Å²) < 4.78 is 10.1. The normalized spacial score (nSPS) is 15.7. The molecule has 0 atom stereocenters. The topological polar surface area (TPSA) is 67.3 Å². The van der Waals surface area contributed by atoms with Gasteiger partial charge in [-0.25, -0.2) is 9.79 Å². The summed E-state index contributed by atoms with van der Waals surface area (Å²) in [5.41, 5.74) is 0. The van der Waals surface area contributed by atoms with Crippen molar-refractivity contribution < 1.29 is 14.3 Å². The fourth-order valence-electron chi connectivity index (χ4n) is 1.67. The third kappa shape index (κ3) is 3.45. The zero-order valence-corrected chi connectivity index (χ0v) is 12.6. The lowest BCUT2D eigenvalue weighted by molar-refractivity contribution is 0.0607. The first kappa shape index (κ1) is 14.7. The summed E-state index contributed by atoms with van der Waals surface area (Å²) in [4.78, 5) is 24.8. The second-order valence-corrected chi connectivity index (χ2v) is 5.43. The maximum atomic E-state index is 11.8. The minimum Gasteiger partial charge on any atom is -0.465 e. The molecule has 20 heavy (non-hydrogen) atoms. The zero-order valence-electron chi connectivity index (χ0n) is 11.8. The Morgan fingerprint density at radius 1 is 1.50 bits per heavy atom. The van der Waals surface area contributed by atoms with Gasteiger partial charge in [0.25, 0.3) is 0 Å². The van der Waals surface area contributed by atoms with Gasteiger partial charge in [0.15, 0.2) is 15.8 Å². The van der Waals surface area contributed by atoms with Crippen LogP contribution in [0.5, 0.6) is 0 Å². The Morgan fingerprint density at radius 2 is 2.20 bits per heavy atom. The number of thiazole rings is 1. The van der Waals surface area contributed by atoms with Gasteiger partial charge in [0.1, 0.15) is 0 Å². The van der Waals surface area contributed by atoms with E-state index in [1.165, 1.54) is 18.4 Å². The van der Waals surface area contributed by atoms with Crippen LogP contribution in [-0.4, -0.2) is 69.7 Å². The highest BCUT2D eigenvalue weighted by molar-refractivity contribution is 7.18. The molecule has 2 heterocycles. The standard InChI is InChI=1S/C12H18N4O3S/c1-15(2)8-13-10-9(11(17)18-3)20-12(14-10)16-4-6-19-7-5-16/h8H,4-7H2,1-3H3. The maximum absolute atomic E-state index is 11.8. The number of hydrogen-bond acceptors (Lipinski definition) is 7. The fourth-order valence-corrected chi connectivity index (χ4v) is 2.66. The van der Waals surface area contributed by atoms with Crippen molar-refractivity contribution in [1.82, 2.24) is 9.88 Å². The van der Waals surface area contributed by atoms with Gasteiger partial charge in [-0.15, -0.1) is 0 Å². The average molecular weight is 298 g/mol. The minimum atomic E-state index is -0.409. The van der Waals surface area contributed by atoms with Gasteiger partial charge < -0.3 is 19.3 Å². The molecular formula is C12H18N4O3S. The average Bonchev–Trinajstić information content (AvgIpc) is 2.89. The van der Waals surface area contributed by atoms with Crippen LogP contribution in [-0.2, 0) is 9.47 Å². The van der Waals surface area contributed by atoms with Gasteiger partial charge in [0, 0.05) is 27.2 Å². The van der Waals surface area contributed by atoms with E-state index in [0.29, 0.717) is 23.9 Å². The van der Waals surface area contributed by atoms with Crippen molar-refractivity contribution >= 4 is 34.6 Å². The molecule has 0 unspecified atom stereocenters. The third-order valence-electron chi connectivity index (χ3n) is 2.66. The molecule has 0 spiro atoms. The molecule has 1 aliphatic heterocycles. The van der Waals surface area contributed by atoms with Gasteiger partial charge in [-0.1, -0.05) is 11.3 Å². The first-order valence-electron chi connectivity index (χ1n) is 6.24. The Morgan fingerprint density at radius 3 is 2.80 bits per heavy atom. The molecule has 1 aliphatic rings. The van der Waals surface area contributed by atoms with E-state index < -0.39 is 5.97 Å². The van der Waals surface area contributed by atoms with Gasteiger partial charge in [-0.2, -0.15) is 4.98 Å². The van der Waals surface area contributed by atoms with Crippen LogP contribution in [0.25, 0.3) is 0 Å². The number of morpholine rings is 1. The zero-order chi connectivity index (χ0) is 14.5. The number of anilines is 1. The van der Waals surface area contributed by atoms with Gasteiger partial charge in [-0.3, -0.25) is 0 Å². The number of aliphatic imine (C=N–C) groups is 1. The number of esters is 1. The molecular weight excluding hydrogens is 280 g/mol. The second kappa shape index (κ2) is 6.67. The van der Waals surface area contributed by atoms with E-state index in [2.05, 4.69) is 14.9 Å². The Hall–Kier alpha value is -1.67. The Balaban J connectivity index is 2.28. The highest BCUT2D eigenvalue weighted by Crippen LogP contribution is 2.32. The number of nitrogens with zero attached hydrogens (tertiary/aromatic N) is 4. The van der Waals surface area contributed by atoms with Crippen molar-refractivity contribution in [2.45, 2.75) is 0 Å². The number of methoxy groups -OCH3 is 1. The van der Waals surface area contributed by atoms with E-state index in [-0.39, 0.29) is 0 Å². The van der Waals surface area contributed by atoms with Crippen LogP contribution in [0.4, 0.5) is 10.9 Å². The van der Waals surface area contributed by atoms with Crippen molar-refractivity contribution in [2.24, 2.45) is 4.99 Å². The quantitative estimate of drug-likeness (QED) is 0.469. The van der Waals surface area contributed by atoms with E-state index in [1.54, 1.807) is 11.2 Å². The Kier molecular flexibility index (Phi) is 4.91. The highest BCUT2D eigenvalue weighted by atomic mass is 32.1. The summed E-state index contributed by atoms with van der Waals surface area (Å²) in [6, 6.07) is 0. The number of hydrogen-bond donors (Lipinski definition) is 0. The van der Waals surface area contributed by atoms with Gasteiger partial charge in [-0.05, 0) is 0 Å². The predicted molar refractivity (Wildman–Crippen MR) is 78.3 cm³/mol. The Bertz CT molecular complexity index is 495. The number of carbonyl (C=O) groups is 1. The second-order valence-electron chi connectivity index (χ2n) is 4.45. The van der Waals surface area contributed by atoms with Crippen LogP contribution in [0.2, 0.25) is 0 Å². The van der Waals surface area contributed by atoms with Crippen molar-refractivity contribution in [2.75, 3.05) is 52.4 Å². The molecule has 0 aromatic carbocycles. The van der Waals surface area contributed by atoms with Gasteiger partial charge >= 0.3 is 5.97 Å². The van der Waals surface area contributed by atoms with Gasteiger partial charge in [0.05, 0.1) is 26.7 Å². The number of ether oxygens (including phenoxy) is 2. The number of rotatable bonds is 4. The smallest absolute Gasteiger partial charge is 0.352 e. The number of aromatic nitrogens is 1. The van der Waals surface area contributed by atoms with Crippen molar-refractivity contribution in [1.29, 1.82) is 0 Å². The van der Waals surface area contributed by atoms with E-state index in [9.17, 15) is 4.79 Å². The summed E-state index contributed by atoms with van der Waals surface area (Å²) in [7, 11) is 5.07. The lowest BCUT2D eigenvalue weighted by Crippen LogP contribution is -2.36. The monoisotopic (exact) mass is 298 g/mol. The van der Waals surface area contributed by atoms with Gasteiger partial charge in [0.2, 0.25) is 0 Å². The van der Waals surface area contributed by atoms with Crippen LogP contribution in [0.3, 0.4) is 0 Å². The molecule has 0 N–H and O–H groups in total. The first-order valence-corrected chi connectivity index (χ1v) is 7.06. The molecule has 0 amide bonds. The molecule has 1 aromatic heterocycles. The van der Waals surface area contributed by atoms with E-state index in [1.807, 2.05) is 14.1 Å². The summed E-state index contributed by atoms with van der Waals surface area (Å²) in [6.07, 6.45) is 1.62. The molecule has 1 saturated heterocycles. The third-order valence-corrected chi connectivity index (χ3v) is 3.75. The largest absolute Gasteiger partial charge is 0.465 e. The van der Waals surface area contributed by atoms with Crippen molar-refractivity contribution in [3.05, 3.63) is 4.88 Å². The Labute approximate surface area is 121 Å². The summed E-state index contributed by atoms with van der Waals surface area (Å²) in [5.74, 6) is -0.00930. The summed E-state index contributed by atoms with van der Waals surface area (Å²) >= 11 is 1.30. The van der Waals surface area contributed by atoms with E-state index in [0.717, 1.165) is 18.2 Å². The minimum absolute atomic E-state index is 0.400. The molecule has 0 radical (unpaired) electrons. The van der Waals surface area contributed by atoms with Crippen molar-refractivity contribution in [3.8, 4) is 0 Å². The summed E-state index contributed by atoms with van der Waals surface area (Å²) in [5, 5.41) is 0.777. The molecule has 0 aliphatic carbocycles. The first-order chi connectivity index (χ1) is 9.61. The lowest BCUT2D eigenvalue weighted by atomic mass is 10.4. The summed E-state index contributed by atoms with van der Waals surface area (Å²) in [6.45, 7) is 2.88. The molecule has 7 nitrogen and oxygen atoms in total. The van der Waals surface area contributed by atoms with E-state index >= 15 is 0 Å². The maximum Gasteiger partial charge on any atom is 0.352 e. The molecule has 2 rings (SSSR count). The van der Waals surface area contributed by atoms with Crippen LogP contribution in [0.1, 0.15) is 9.67 Å². The van der Waals surface area contributed by atoms with Crippen LogP contribution < -0.4 is 4.90 Å². The van der Waals surface area contributed by atoms with Crippen molar-refractivity contribution in [3.63, 3.8) is 0 Å². The molecule has 110 valence electrons. The SMILES string of the molecule is COC(=O)c1sc(N2CCOCC2)nc1N=CN(C)C. The molecule has 1 aromatic rings. The molecule has 0 saturated carbocycles. The predicted octanol–water partition coefficient (Wildman–Crippen LogP) is 0.988. The van der Waals surface area contributed by atoms with E-state index in [4.69, 9.17) is 9.47 Å². The molecule has 8 heteroatoms. The van der Waals surface area contributed by atoms with Crippen LogP contribution in [0, 0.1) is 0 Å². The van der Waals surface area contributed by atoms with Crippen LogP contribution in [0.15, 0.2) is 4.99 Å².